The zero-order chi connectivity index (χ0) is 26.3. The second-order valence-corrected chi connectivity index (χ2v) is 9.00. The first-order valence-corrected chi connectivity index (χ1v) is 12.3. The molecule has 0 fully saturated rings. The number of pyridine rings is 1. The molecule has 0 amide bonds. The third-order valence-electron chi connectivity index (χ3n) is 5.43. The maximum atomic E-state index is 14.6. The lowest BCUT2D eigenvalue weighted by Gasteiger charge is -2.36. The molecule has 4 aromatic rings. The van der Waals surface area contributed by atoms with Gasteiger partial charge in [-0.15, -0.1) is 0 Å². The maximum absolute atomic E-state index is 14.6. The van der Waals surface area contributed by atoms with E-state index in [1.165, 1.54) is 6.20 Å². The van der Waals surface area contributed by atoms with E-state index in [-0.39, 0.29) is 18.5 Å². The summed E-state index contributed by atoms with van der Waals surface area (Å²) in [6.07, 6.45) is -1.56. The predicted octanol–water partition coefficient (Wildman–Crippen LogP) is 7.68. The Bertz CT molecular complexity index is 1260. The Morgan fingerprint density at radius 2 is 1.67 bits per heavy atom. The quantitative estimate of drug-likeness (QED) is 0.219. The first kappa shape index (κ1) is 27.8. The SMILES string of the molecule is CC.Fc1cc(C(F)(F)F)cc(C(Cc2ccccc2)(NCc2[nH]ncc2Br)c2ccc(Cl)cn2)c1. The third-order valence-corrected chi connectivity index (χ3v) is 6.33. The molecule has 0 radical (unpaired) electrons. The van der Waals surface area contributed by atoms with Crippen LogP contribution in [0.15, 0.2) is 77.5 Å². The van der Waals surface area contributed by atoms with Crippen LogP contribution >= 0.6 is 27.5 Å². The lowest BCUT2D eigenvalue weighted by atomic mass is 9.79. The molecular formula is C26H24BrClF4N4. The molecule has 10 heteroatoms. The molecule has 4 nitrogen and oxygen atoms in total. The fourth-order valence-electron chi connectivity index (χ4n) is 3.79. The van der Waals surface area contributed by atoms with Crippen molar-refractivity contribution in [2.45, 2.75) is 38.5 Å². The molecular weight excluding hydrogens is 560 g/mol. The zero-order valence-electron chi connectivity index (χ0n) is 19.5. The summed E-state index contributed by atoms with van der Waals surface area (Å²) in [6, 6.07) is 15.0. The van der Waals surface area contributed by atoms with Gasteiger partial charge in [0.05, 0.1) is 38.2 Å². The van der Waals surface area contributed by atoms with Crippen LogP contribution in [0.4, 0.5) is 17.6 Å². The fraction of sp³-hybridized carbons (Fsp3) is 0.231. The van der Waals surface area contributed by atoms with Crippen LogP contribution < -0.4 is 5.32 Å². The minimum atomic E-state index is -4.73. The standard InChI is InChI=1S/C24H18BrClF4N4.C2H6/c25-20-13-33-34-21(20)14-32-23(11-15-4-2-1-3-5-15,22-7-6-18(26)12-31-22)16-8-17(24(28,29)30)10-19(27)9-16;1-2/h1-10,12-13,32H,11,14H2,(H,33,34);1-2H3. The third kappa shape index (κ3) is 6.52. The van der Waals surface area contributed by atoms with E-state index in [9.17, 15) is 17.6 Å². The summed E-state index contributed by atoms with van der Waals surface area (Å²) in [6.45, 7) is 4.18. The highest BCUT2D eigenvalue weighted by Gasteiger charge is 2.39. The van der Waals surface area contributed by atoms with Crippen molar-refractivity contribution in [3.8, 4) is 0 Å². The molecule has 2 aromatic heterocycles. The zero-order valence-corrected chi connectivity index (χ0v) is 21.8. The van der Waals surface area contributed by atoms with Gasteiger partial charge in [0.25, 0.3) is 0 Å². The van der Waals surface area contributed by atoms with Crippen LogP contribution in [0, 0.1) is 5.82 Å². The Hall–Kier alpha value is -2.75. The molecule has 0 bridgehead atoms. The number of H-pyrrole nitrogens is 1. The minimum absolute atomic E-state index is 0.0779. The molecule has 190 valence electrons. The summed E-state index contributed by atoms with van der Waals surface area (Å²) < 4.78 is 56.2. The number of hydrogen-bond donors (Lipinski definition) is 2. The summed E-state index contributed by atoms with van der Waals surface area (Å²) in [4.78, 5) is 4.43. The molecule has 2 N–H and O–H groups in total. The Balaban J connectivity index is 0.00000176. The second-order valence-electron chi connectivity index (χ2n) is 7.71. The van der Waals surface area contributed by atoms with Crippen LogP contribution in [0.2, 0.25) is 5.02 Å². The van der Waals surface area contributed by atoms with Crippen LogP contribution in [0.5, 0.6) is 0 Å². The van der Waals surface area contributed by atoms with E-state index in [2.05, 4.69) is 36.4 Å². The van der Waals surface area contributed by atoms with Gasteiger partial charge in [-0.2, -0.15) is 18.3 Å². The van der Waals surface area contributed by atoms with Crippen molar-refractivity contribution in [2.75, 3.05) is 0 Å². The number of aromatic amines is 1. The van der Waals surface area contributed by atoms with E-state index >= 15 is 0 Å². The van der Waals surface area contributed by atoms with E-state index < -0.39 is 23.1 Å². The van der Waals surface area contributed by atoms with Gasteiger partial charge < -0.3 is 0 Å². The molecule has 0 saturated carbocycles. The average molecular weight is 584 g/mol. The normalized spacial score (nSPS) is 13.0. The van der Waals surface area contributed by atoms with Crippen LogP contribution in [0.25, 0.3) is 0 Å². The fourth-order valence-corrected chi connectivity index (χ4v) is 4.23. The Kier molecular flexibility index (Phi) is 9.27. The number of rotatable bonds is 7. The van der Waals surface area contributed by atoms with Crippen LogP contribution in [-0.4, -0.2) is 15.2 Å². The van der Waals surface area contributed by atoms with Gasteiger partial charge >= 0.3 is 6.18 Å². The van der Waals surface area contributed by atoms with Gasteiger partial charge in [-0.25, -0.2) is 4.39 Å². The maximum Gasteiger partial charge on any atom is 0.416 e. The van der Waals surface area contributed by atoms with Crippen molar-refractivity contribution in [3.05, 3.63) is 116 Å². The molecule has 0 spiro atoms. The highest BCUT2D eigenvalue weighted by molar-refractivity contribution is 9.10. The van der Waals surface area contributed by atoms with Gasteiger partial charge in [0.15, 0.2) is 0 Å². The van der Waals surface area contributed by atoms with Crippen LogP contribution in [-0.2, 0) is 24.7 Å². The molecule has 2 aromatic carbocycles. The number of nitrogens with one attached hydrogen (secondary N) is 2. The summed E-state index contributed by atoms with van der Waals surface area (Å²) >= 11 is 9.44. The average Bonchev–Trinajstić information content (AvgIpc) is 3.28. The summed E-state index contributed by atoms with van der Waals surface area (Å²) in [7, 11) is 0. The first-order valence-electron chi connectivity index (χ1n) is 11.1. The largest absolute Gasteiger partial charge is 0.416 e. The van der Waals surface area contributed by atoms with Crippen molar-refractivity contribution in [1.82, 2.24) is 20.5 Å². The number of alkyl halides is 3. The summed E-state index contributed by atoms with van der Waals surface area (Å²) in [5.74, 6) is -0.999. The van der Waals surface area contributed by atoms with E-state index in [4.69, 9.17) is 11.6 Å². The van der Waals surface area contributed by atoms with Gasteiger partial charge in [0.1, 0.15) is 5.82 Å². The molecule has 0 aliphatic heterocycles. The minimum Gasteiger partial charge on any atom is -0.296 e. The first-order chi connectivity index (χ1) is 17.2. The number of nitrogens with zero attached hydrogens (tertiary/aromatic N) is 2. The lowest BCUT2D eigenvalue weighted by molar-refractivity contribution is -0.137. The van der Waals surface area contributed by atoms with E-state index in [0.29, 0.717) is 26.9 Å². The van der Waals surface area contributed by atoms with Gasteiger partial charge in [0.2, 0.25) is 0 Å². The van der Waals surface area contributed by atoms with Gasteiger partial charge in [0, 0.05) is 19.2 Å². The monoisotopic (exact) mass is 582 g/mol. The number of benzene rings is 2. The number of hydrogen-bond acceptors (Lipinski definition) is 3. The Morgan fingerprint density at radius 3 is 2.25 bits per heavy atom. The van der Waals surface area contributed by atoms with Crippen LogP contribution in [0.3, 0.4) is 0 Å². The van der Waals surface area contributed by atoms with Gasteiger partial charge in [-0.05, 0) is 57.4 Å². The Morgan fingerprint density at radius 1 is 0.972 bits per heavy atom. The van der Waals surface area contributed by atoms with Crippen molar-refractivity contribution in [1.29, 1.82) is 0 Å². The molecule has 2 heterocycles. The van der Waals surface area contributed by atoms with Gasteiger partial charge in [-0.3, -0.25) is 15.4 Å². The van der Waals surface area contributed by atoms with Crippen molar-refractivity contribution >= 4 is 27.5 Å². The molecule has 4 rings (SSSR count). The molecule has 0 saturated heterocycles. The van der Waals surface area contributed by atoms with E-state index in [1.54, 1.807) is 18.3 Å². The van der Waals surface area contributed by atoms with E-state index in [1.807, 2.05) is 44.2 Å². The molecule has 1 unspecified atom stereocenters. The second kappa shape index (κ2) is 12.0. The lowest BCUT2D eigenvalue weighted by Crippen LogP contribution is -2.46. The van der Waals surface area contributed by atoms with Crippen molar-refractivity contribution < 1.29 is 17.6 Å². The summed E-state index contributed by atoms with van der Waals surface area (Å²) in [5.41, 5.74) is -0.478. The van der Waals surface area contributed by atoms with E-state index in [0.717, 1.165) is 17.7 Å². The molecule has 0 aliphatic carbocycles. The molecule has 1 atom stereocenters. The predicted molar refractivity (Wildman–Crippen MR) is 136 cm³/mol. The van der Waals surface area contributed by atoms with Crippen molar-refractivity contribution in [2.24, 2.45) is 0 Å². The topological polar surface area (TPSA) is 53.6 Å². The van der Waals surface area contributed by atoms with Crippen molar-refractivity contribution in [3.63, 3.8) is 0 Å². The Labute approximate surface area is 220 Å². The smallest absolute Gasteiger partial charge is 0.296 e. The molecule has 0 aliphatic rings. The highest BCUT2D eigenvalue weighted by Crippen LogP contribution is 2.38. The van der Waals surface area contributed by atoms with Crippen LogP contribution in [0.1, 0.15) is 41.9 Å². The van der Waals surface area contributed by atoms with Gasteiger partial charge in [-0.1, -0.05) is 55.8 Å². The summed E-state index contributed by atoms with van der Waals surface area (Å²) in [5, 5.41) is 10.5. The number of aromatic nitrogens is 3. The number of halogens is 6. The molecule has 36 heavy (non-hydrogen) atoms. The highest BCUT2D eigenvalue weighted by atomic mass is 79.9.